The molecule has 0 aliphatic heterocycles. The van der Waals surface area contributed by atoms with Gasteiger partial charge >= 0.3 is 5.97 Å². The molecule has 0 aliphatic carbocycles. The Balaban J connectivity index is 3.28. The van der Waals surface area contributed by atoms with Crippen molar-refractivity contribution in [1.29, 1.82) is 5.26 Å². The number of hydrogen-bond donors (Lipinski definition) is 1. The maximum atomic E-state index is 11.4. The number of nitro groups is 1. The second-order valence-corrected chi connectivity index (χ2v) is 3.66. The number of ether oxygens (including phenoxy) is 1. The van der Waals surface area contributed by atoms with Gasteiger partial charge in [-0.2, -0.15) is 5.26 Å². The summed E-state index contributed by atoms with van der Waals surface area (Å²) in [5, 5.41) is 20.1. The molecule has 1 aromatic carbocycles. The Labute approximate surface area is 109 Å². The molecule has 0 saturated heterocycles. The maximum absolute atomic E-state index is 11.4. The number of nitrogens with two attached hydrogens (primary N) is 1. The van der Waals surface area contributed by atoms with Gasteiger partial charge in [-0.05, 0) is 12.5 Å². The summed E-state index contributed by atoms with van der Waals surface area (Å²) in [6, 6.07) is 4.71. The van der Waals surface area contributed by atoms with E-state index in [-0.39, 0.29) is 42.0 Å². The van der Waals surface area contributed by atoms with Crippen LogP contribution in [-0.2, 0) is 22.5 Å². The second kappa shape index (κ2) is 6.47. The Morgan fingerprint density at radius 2 is 2.16 bits per heavy atom. The van der Waals surface area contributed by atoms with Crippen molar-refractivity contribution < 1.29 is 14.5 Å². The van der Waals surface area contributed by atoms with E-state index in [0.717, 1.165) is 0 Å². The van der Waals surface area contributed by atoms with Crippen molar-refractivity contribution >= 4 is 11.7 Å². The third-order valence-corrected chi connectivity index (χ3v) is 2.50. The summed E-state index contributed by atoms with van der Waals surface area (Å²) in [5.74, 6) is -0.534. The molecule has 0 amide bonds. The number of carbonyl (C=O) groups is 1. The first kappa shape index (κ1) is 14.6. The van der Waals surface area contributed by atoms with E-state index in [1.165, 1.54) is 12.1 Å². The van der Waals surface area contributed by atoms with Crippen LogP contribution in [0.1, 0.15) is 23.6 Å². The largest absolute Gasteiger partial charge is 0.466 e. The first-order chi connectivity index (χ1) is 9.04. The fraction of sp³-hybridized carbons (Fsp3) is 0.333. The summed E-state index contributed by atoms with van der Waals surface area (Å²) in [6.07, 6.45) is -0.178. The summed E-state index contributed by atoms with van der Waals surface area (Å²) in [7, 11) is 0. The summed E-state index contributed by atoms with van der Waals surface area (Å²) < 4.78 is 4.76. The van der Waals surface area contributed by atoms with E-state index in [1.54, 1.807) is 13.0 Å². The van der Waals surface area contributed by atoms with Crippen molar-refractivity contribution in [2.24, 2.45) is 5.73 Å². The lowest BCUT2D eigenvalue weighted by Crippen LogP contribution is -2.11. The Kier molecular flexibility index (Phi) is 4.97. The number of hydrogen-bond acceptors (Lipinski definition) is 6. The first-order valence-corrected chi connectivity index (χ1v) is 5.60. The highest BCUT2D eigenvalue weighted by Crippen LogP contribution is 2.26. The number of nitro benzene ring substituents is 1. The molecule has 0 aromatic heterocycles. The number of nitriles is 1. The SMILES string of the molecule is CCOC(=O)Cc1ccc(CN)c([N+](=O)[O-])c1C#N. The average molecular weight is 263 g/mol. The van der Waals surface area contributed by atoms with E-state index in [1.807, 2.05) is 0 Å². The van der Waals surface area contributed by atoms with Gasteiger partial charge in [-0.25, -0.2) is 0 Å². The zero-order chi connectivity index (χ0) is 14.4. The van der Waals surface area contributed by atoms with Crippen molar-refractivity contribution in [2.75, 3.05) is 6.61 Å². The highest BCUT2D eigenvalue weighted by Gasteiger charge is 2.23. The fourth-order valence-electron chi connectivity index (χ4n) is 1.69. The number of esters is 1. The normalized spacial score (nSPS) is 9.74. The maximum Gasteiger partial charge on any atom is 0.310 e. The Hall–Kier alpha value is -2.46. The molecule has 0 bridgehead atoms. The van der Waals surface area contributed by atoms with Gasteiger partial charge in [0, 0.05) is 12.1 Å². The minimum absolute atomic E-state index is 0.0509. The van der Waals surface area contributed by atoms with E-state index in [4.69, 9.17) is 15.7 Å². The van der Waals surface area contributed by atoms with Crippen molar-refractivity contribution in [1.82, 2.24) is 0 Å². The van der Waals surface area contributed by atoms with Crippen molar-refractivity contribution in [2.45, 2.75) is 19.9 Å². The van der Waals surface area contributed by atoms with Crippen LogP contribution in [0.5, 0.6) is 0 Å². The molecule has 0 spiro atoms. The van der Waals surface area contributed by atoms with Crippen LogP contribution in [0, 0.1) is 21.4 Å². The highest BCUT2D eigenvalue weighted by atomic mass is 16.6. The number of nitrogens with zero attached hydrogens (tertiary/aromatic N) is 2. The third-order valence-electron chi connectivity index (χ3n) is 2.50. The number of carbonyl (C=O) groups excluding carboxylic acids is 1. The van der Waals surface area contributed by atoms with Gasteiger partial charge in [-0.1, -0.05) is 12.1 Å². The van der Waals surface area contributed by atoms with Crippen molar-refractivity contribution in [3.63, 3.8) is 0 Å². The van der Waals surface area contributed by atoms with Gasteiger partial charge in [0.15, 0.2) is 0 Å². The molecule has 19 heavy (non-hydrogen) atoms. The second-order valence-electron chi connectivity index (χ2n) is 3.66. The molecule has 100 valence electrons. The molecule has 0 fully saturated rings. The van der Waals surface area contributed by atoms with Crippen LogP contribution >= 0.6 is 0 Å². The molecule has 7 nitrogen and oxygen atoms in total. The quantitative estimate of drug-likeness (QED) is 0.481. The van der Waals surface area contributed by atoms with Crippen LogP contribution in [0.15, 0.2) is 12.1 Å². The fourth-order valence-corrected chi connectivity index (χ4v) is 1.69. The zero-order valence-corrected chi connectivity index (χ0v) is 10.4. The van der Waals surface area contributed by atoms with E-state index in [2.05, 4.69) is 0 Å². The van der Waals surface area contributed by atoms with Crippen molar-refractivity contribution in [3.8, 4) is 6.07 Å². The van der Waals surface area contributed by atoms with Crippen LogP contribution in [0.2, 0.25) is 0 Å². The van der Waals surface area contributed by atoms with E-state index >= 15 is 0 Å². The Morgan fingerprint density at radius 3 is 2.63 bits per heavy atom. The van der Waals surface area contributed by atoms with Gasteiger partial charge in [-0.15, -0.1) is 0 Å². The minimum Gasteiger partial charge on any atom is -0.466 e. The minimum atomic E-state index is -0.657. The van der Waals surface area contributed by atoms with Gasteiger partial charge in [0.25, 0.3) is 5.69 Å². The molecule has 0 radical (unpaired) electrons. The monoisotopic (exact) mass is 263 g/mol. The average Bonchev–Trinajstić information content (AvgIpc) is 2.38. The van der Waals surface area contributed by atoms with Crippen LogP contribution in [-0.4, -0.2) is 17.5 Å². The summed E-state index contributed by atoms with van der Waals surface area (Å²) in [4.78, 5) is 21.7. The molecule has 0 heterocycles. The van der Waals surface area contributed by atoms with E-state index in [0.29, 0.717) is 0 Å². The van der Waals surface area contributed by atoms with E-state index in [9.17, 15) is 14.9 Å². The Morgan fingerprint density at radius 1 is 1.53 bits per heavy atom. The zero-order valence-electron chi connectivity index (χ0n) is 10.4. The summed E-state index contributed by atoms with van der Waals surface area (Å²) >= 11 is 0. The Bertz CT molecular complexity index is 549. The molecule has 0 aliphatic rings. The van der Waals surface area contributed by atoms with Crippen LogP contribution in [0.25, 0.3) is 0 Å². The first-order valence-electron chi connectivity index (χ1n) is 5.60. The predicted octanol–water partition coefficient (Wildman–Crippen LogP) is 1.03. The molecular formula is C12H13N3O4. The van der Waals surface area contributed by atoms with Gasteiger partial charge in [0.2, 0.25) is 0 Å². The topological polar surface area (TPSA) is 119 Å². The van der Waals surface area contributed by atoms with Gasteiger partial charge < -0.3 is 10.5 Å². The van der Waals surface area contributed by atoms with Crippen LogP contribution in [0.4, 0.5) is 5.69 Å². The van der Waals surface area contributed by atoms with E-state index < -0.39 is 10.9 Å². The molecule has 0 saturated carbocycles. The van der Waals surface area contributed by atoms with Crippen LogP contribution < -0.4 is 5.73 Å². The smallest absolute Gasteiger partial charge is 0.310 e. The molecule has 0 unspecified atom stereocenters. The standard InChI is InChI=1S/C12H13N3O4/c1-2-19-11(16)5-8-3-4-9(6-13)12(15(17)18)10(8)7-14/h3-4H,2,5-6,13H2,1H3. The molecule has 1 aromatic rings. The summed E-state index contributed by atoms with van der Waals surface area (Å²) in [6.45, 7) is 1.82. The van der Waals surface area contributed by atoms with Gasteiger partial charge in [0.1, 0.15) is 11.6 Å². The van der Waals surface area contributed by atoms with Gasteiger partial charge in [0.05, 0.1) is 18.0 Å². The summed E-state index contributed by atoms with van der Waals surface area (Å²) in [5.41, 5.74) is 5.45. The lowest BCUT2D eigenvalue weighted by Gasteiger charge is -2.07. The number of rotatable bonds is 5. The molecule has 7 heteroatoms. The third kappa shape index (κ3) is 3.26. The molecule has 1 rings (SSSR count). The van der Waals surface area contributed by atoms with Gasteiger partial charge in [-0.3, -0.25) is 14.9 Å². The molecule has 2 N–H and O–H groups in total. The lowest BCUT2D eigenvalue weighted by molar-refractivity contribution is -0.385. The highest BCUT2D eigenvalue weighted by molar-refractivity contribution is 5.75. The molecule has 0 atom stereocenters. The molecular weight excluding hydrogens is 250 g/mol. The lowest BCUT2D eigenvalue weighted by atomic mass is 9.99. The van der Waals surface area contributed by atoms with Crippen molar-refractivity contribution in [3.05, 3.63) is 38.9 Å². The van der Waals surface area contributed by atoms with Crippen LogP contribution in [0.3, 0.4) is 0 Å². The predicted molar refractivity (Wildman–Crippen MR) is 66.0 cm³/mol. The number of benzene rings is 1.